The van der Waals surface area contributed by atoms with E-state index in [1.807, 2.05) is 24.3 Å². The van der Waals surface area contributed by atoms with Gasteiger partial charge in [-0.3, -0.25) is 4.90 Å². The Kier molecular flexibility index (Phi) is 7.13. The fraction of sp³-hybridized carbons (Fsp3) is 0.562. The van der Waals surface area contributed by atoms with Crippen LogP contribution in [0.15, 0.2) is 24.3 Å². The molecule has 0 aromatic heterocycles. The Hall–Kier alpha value is -1.30. The average Bonchev–Trinajstić information content (AvgIpc) is 2.78. The molecule has 3 atom stereocenters. The number of nitrogens with zero attached hydrogens (tertiary/aromatic N) is 1. The second-order valence-electron chi connectivity index (χ2n) is 5.76. The van der Waals surface area contributed by atoms with E-state index in [0.717, 1.165) is 19.6 Å². The van der Waals surface area contributed by atoms with Gasteiger partial charge in [0.2, 0.25) is 0 Å². The van der Waals surface area contributed by atoms with E-state index in [4.69, 9.17) is 10.5 Å². The number of hydrogen-bond acceptors (Lipinski definition) is 5. The van der Waals surface area contributed by atoms with Gasteiger partial charge in [0.05, 0.1) is 7.11 Å². The lowest BCUT2D eigenvalue weighted by atomic mass is 10.1. The van der Waals surface area contributed by atoms with Crippen LogP contribution in [0.5, 0.6) is 5.75 Å². The normalized spacial score (nSPS) is 22.7. The molecule has 1 aliphatic rings. The molecule has 5 nitrogen and oxygen atoms in total. The third-order valence-electron chi connectivity index (χ3n) is 3.92. The SMILES string of the molecule is COC(=O)C(C)Oc1ccc(CN2CC(C)C(N)C2)cc1.Cl. The molecular weight excluding hydrogens is 304 g/mol. The standard InChI is InChI=1S/C16H24N2O3.ClH/c1-11-8-18(10-15(11)17)9-13-4-6-14(7-5-13)21-12(2)16(19)20-3;/h4-7,11-12,15H,8-10,17H2,1-3H3;1H. The van der Waals surface area contributed by atoms with Gasteiger partial charge in [0, 0.05) is 25.7 Å². The molecule has 1 heterocycles. The summed E-state index contributed by atoms with van der Waals surface area (Å²) in [6, 6.07) is 8.08. The summed E-state index contributed by atoms with van der Waals surface area (Å²) < 4.78 is 10.2. The zero-order chi connectivity index (χ0) is 15.4. The third kappa shape index (κ3) is 4.87. The van der Waals surface area contributed by atoms with Crippen molar-refractivity contribution in [3.8, 4) is 5.75 Å². The van der Waals surface area contributed by atoms with Crippen LogP contribution in [0.4, 0.5) is 0 Å². The quantitative estimate of drug-likeness (QED) is 0.835. The first kappa shape index (κ1) is 18.7. The first-order chi connectivity index (χ1) is 9.99. The summed E-state index contributed by atoms with van der Waals surface area (Å²) in [6.45, 7) is 6.74. The van der Waals surface area contributed by atoms with Crippen molar-refractivity contribution in [1.82, 2.24) is 4.90 Å². The number of nitrogens with two attached hydrogens (primary N) is 1. The van der Waals surface area contributed by atoms with Crippen molar-refractivity contribution in [2.24, 2.45) is 11.7 Å². The van der Waals surface area contributed by atoms with Gasteiger partial charge in [0.25, 0.3) is 0 Å². The molecule has 22 heavy (non-hydrogen) atoms. The molecule has 1 aromatic carbocycles. The van der Waals surface area contributed by atoms with Gasteiger partial charge in [0.1, 0.15) is 5.75 Å². The highest BCUT2D eigenvalue weighted by molar-refractivity contribution is 5.85. The lowest BCUT2D eigenvalue weighted by molar-refractivity contribution is -0.147. The van der Waals surface area contributed by atoms with Gasteiger partial charge < -0.3 is 15.2 Å². The predicted octanol–water partition coefficient (Wildman–Crippen LogP) is 1.83. The Balaban J connectivity index is 0.00000242. The number of carbonyl (C=O) groups is 1. The highest BCUT2D eigenvalue weighted by atomic mass is 35.5. The number of ether oxygens (including phenoxy) is 2. The van der Waals surface area contributed by atoms with E-state index in [9.17, 15) is 4.79 Å². The van der Waals surface area contributed by atoms with Crippen molar-refractivity contribution in [2.45, 2.75) is 32.5 Å². The van der Waals surface area contributed by atoms with Crippen LogP contribution in [-0.4, -0.2) is 43.2 Å². The Bertz CT molecular complexity index is 471. The van der Waals surface area contributed by atoms with Gasteiger partial charge in [-0.25, -0.2) is 4.79 Å². The number of hydrogen-bond donors (Lipinski definition) is 1. The van der Waals surface area contributed by atoms with E-state index in [1.54, 1.807) is 6.92 Å². The number of rotatable bonds is 5. The number of esters is 1. The van der Waals surface area contributed by atoms with Crippen LogP contribution in [0, 0.1) is 5.92 Å². The van der Waals surface area contributed by atoms with Crippen LogP contribution in [-0.2, 0) is 16.1 Å². The minimum atomic E-state index is -0.599. The van der Waals surface area contributed by atoms with E-state index in [0.29, 0.717) is 11.7 Å². The topological polar surface area (TPSA) is 64.8 Å². The summed E-state index contributed by atoms with van der Waals surface area (Å²) >= 11 is 0. The van der Waals surface area contributed by atoms with Crippen LogP contribution in [0.25, 0.3) is 0 Å². The maximum Gasteiger partial charge on any atom is 0.346 e. The second-order valence-corrected chi connectivity index (χ2v) is 5.76. The largest absolute Gasteiger partial charge is 0.479 e. The highest BCUT2D eigenvalue weighted by Gasteiger charge is 2.26. The van der Waals surface area contributed by atoms with Crippen molar-refractivity contribution in [3.63, 3.8) is 0 Å². The Morgan fingerprint density at radius 2 is 2.00 bits per heavy atom. The summed E-state index contributed by atoms with van der Waals surface area (Å²) in [5.41, 5.74) is 7.25. The van der Waals surface area contributed by atoms with Crippen molar-refractivity contribution in [1.29, 1.82) is 0 Å². The molecule has 1 aliphatic heterocycles. The maximum absolute atomic E-state index is 11.3. The van der Waals surface area contributed by atoms with Crippen molar-refractivity contribution in [2.75, 3.05) is 20.2 Å². The van der Waals surface area contributed by atoms with Crippen molar-refractivity contribution >= 4 is 18.4 Å². The molecule has 0 saturated carbocycles. The number of methoxy groups -OCH3 is 1. The van der Waals surface area contributed by atoms with Crippen molar-refractivity contribution in [3.05, 3.63) is 29.8 Å². The Morgan fingerprint density at radius 1 is 1.36 bits per heavy atom. The lowest BCUT2D eigenvalue weighted by Gasteiger charge is -2.16. The van der Waals surface area contributed by atoms with Gasteiger partial charge in [-0.05, 0) is 30.5 Å². The molecule has 1 aromatic rings. The van der Waals surface area contributed by atoms with E-state index in [2.05, 4.69) is 16.6 Å². The molecule has 1 saturated heterocycles. The van der Waals surface area contributed by atoms with E-state index in [-0.39, 0.29) is 24.4 Å². The molecule has 0 radical (unpaired) electrons. The van der Waals surface area contributed by atoms with Gasteiger partial charge in [-0.1, -0.05) is 19.1 Å². The molecule has 0 amide bonds. The van der Waals surface area contributed by atoms with Gasteiger partial charge in [-0.15, -0.1) is 12.4 Å². The van der Waals surface area contributed by atoms with Gasteiger partial charge in [0.15, 0.2) is 6.10 Å². The molecule has 0 aliphatic carbocycles. The summed E-state index contributed by atoms with van der Waals surface area (Å²) in [5.74, 6) is 0.843. The second kappa shape index (κ2) is 8.36. The zero-order valence-electron chi connectivity index (χ0n) is 13.3. The van der Waals surface area contributed by atoms with Crippen LogP contribution >= 0.6 is 12.4 Å². The monoisotopic (exact) mass is 328 g/mol. The van der Waals surface area contributed by atoms with Crippen LogP contribution in [0.3, 0.4) is 0 Å². The van der Waals surface area contributed by atoms with Crippen molar-refractivity contribution < 1.29 is 14.3 Å². The number of likely N-dealkylation sites (tertiary alicyclic amines) is 1. The minimum Gasteiger partial charge on any atom is -0.479 e. The first-order valence-electron chi connectivity index (χ1n) is 7.31. The summed E-state index contributed by atoms with van der Waals surface area (Å²) in [4.78, 5) is 13.7. The molecule has 0 bridgehead atoms. The molecule has 0 spiro atoms. The van der Waals surface area contributed by atoms with Gasteiger partial charge in [-0.2, -0.15) is 0 Å². The Morgan fingerprint density at radius 3 is 2.50 bits per heavy atom. The molecule has 1 fully saturated rings. The molecule has 2 rings (SSSR count). The lowest BCUT2D eigenvalue weighted by Crippen LogP contribution is -2.28. The Labute approximate surface area is 138 Å². The number of halogens is 1. The summed E-state index contributed by atoms with van der Waals surface area (Å²) in [6.07, 6.45) is -0.599. The zero-order valence-corrected chi connectivity index (χ0v) is 14.1. The smallest absolute Gasteiger partial charge is 0.346 e. The number of benzene rings is 1. The number of carbonyl (C=O) groups excluding carboxylic acids is 1. The van der Waals surface area contributed by atoms with Crippen LogP contribution in [0.2, 0.25) is 0 Å². The average molecular weight is 329 g/mol. The molecule has 6 heteroatoms. The van der Waals surface area contributed by atoms with Gasteiger partial charge >= 0.3 is 5.97 Å². The molecule has 2 N–H and O–H groups in total. The maximum atomic E-state index is 11.3. The molecule has 124 valence electrons. The van der Waals surface area contributed by atoms with Crippen LogP contribution in [0.1, 0.15) is 19.4 Å². The predicted molar refractivity (Wildman–Crippen MR) is 88.2 cm³/mol. The molecular formula is C16H25ClN2O3. The van der Waals surface area contributed by atoms with Crippen LogP contribution < -0.4 is 10.5 Å². The van der Waals surface area contributed by atoms with E-state index >= 15 is 0 Å². The minimum absolute atomic E-state index is 0. The van der Waals surface area contributed by atoms with E-state index in [1.165, 1.54) is 12.7 Å². The molecule has 3 unspecified atom stereocenters. The fourth-order valence-corrected chi connectivity index (χ4v) is 2.57. The summed E-state index contributed by atoms with van der Waals surface area (Å²) in [5, 5.41) is 0. The third-order valence-corrected chi connectivity index (χ3v) is 3.92. The highest BCUT2D eigenvalue weighted by Crippen LogP contribution is 2.19. The van der Waals surface area contributed by atoms with E-state index < -0.39 is 6.10 Å². The fourth-order valence-electron chi connectivity index (χ4n) is 2.57. The summed E-state index contributed by atoms with van der Waals surface area (Å²) in [7, 11) is 1.35. The first-order valence-corrected chi connectivity index (χ1v) is 7.31.